The maximum atomic E-state index is 10.9. The molecule has 1 heterocycles. The molecule has 11 heavy (non-hydrogen) atoms. The fourth-order valence-electron chi connectivity index (χ4n) is 0.711. The third kappa shape index (κ3) is 1.94. The molecule has 0 bridgehead atoms. The number of alkyl halides is 1. The van der Waals surface area contributed by atoms with Gasteiger partial charge in [0.1, 0.15) is 0 Å². The Hall–Kier alpha value is -1.03. The van der Waals surface area contributed by atoms with Crippen molar-refractivity contribution < 1.29 is 0 Å². The van der Waals surface area contributed by atoms with Gasteiger partial charge in [-0.15, -0.1) is 11.6 Å². The highest BCUT2D eigenvalue weighted by Crippen LogP contribution is 1.79. The Morgan fingerprint density at radius 1 is 1.55 bits per heavy atom. The molecule has 0 radical (unpaired) electrons. The van der Waals surface area contributed by atoms with Gasteiger partial charge in [0.15, 0.2) is 0 Å². The highest BCUT2D eigenvalue weighted by Gasteiger charge is 1.92. The molecule has 0 spiro atoms. The maximum absolute atomic E-state index is 10.9. The number of hydrogen-bond donors (Lipinski definition) is 1. The van der Waals surface area contributed by atoms with E-state index in [-0.39, 0.29) is 5.56 Å². The Balaban J connectivity index is 3.10. The van der Waals surface area contributed by atoms with Crippen LogP contribution in [0.15, 0.2) is 21.9 Å². The Kier molecular flexibility index (Phi) is 2.48. The zero-order chi connectivity index (χ0) is 8.27. The van der Waals surface area contributed by atoms with E-state index in [2.05, 4.69) is 4.98 Å². The van der Waals surface area contributed by atoms with Crippen LogP contribution in [0.25, 0.3) is 0 Å². The lowest BCUT2D eigenvalue weighted by atomic mass is 10.6. The van der Waals surface area contributed by atoms with Crippen molar-refractivity contribution in [3.8, 4) is 0 Å². The third-order valence-corrected chi connectivity index (χ3v) is 1.39. The van der Waals surface area contributed by atoms with Crippen LogP contribution in [0, 0.1) is 0 Å². The number of aryl methyl sites for hydroxylation is 1. The minimum Gasteiger partial charge on any atom is -0.299 e. The predicted molar refractivity (Wildman–Crippen MR) is 42.0 cm³/mol. The van der Waals surface area contributed by atoms with E-state index in [1.54, 1.807) is 0 Å². The number of aromatic amines is 1. The molecule has 5 heteroatoms. The monoisotopic (exact) mass is 174 g/mol. The molecule has 4 nitrogen and oxygen atoms in total. The van der Waals surface area contributed by atoms with Crippen LogP contribution in [0.1, 0.15) is 0 Å². The van der Waals surface area contributed by atoms with Crippen molar-refractivity contribution >= 4 is 11.6 Å². The first-order valence-electron chi connectivity index (χ1n) is 3.10. The Bertz CT molecular complexity index is 341. The van der Waals surface area contributed by atoms with Gasteiger partial charge < -0.3 is 0 Å². The molecular weight excluding hydrogens is 168 g/mol. The summed E-state index contributed by atoms with van der Waals surface area (Å²) in [7, 11) is 0. The van der Waals surface area contributed by atoms with E-state index in [4.69, 9.17) is 11.6 Å². The predicted octanol–water partition coefficient (Wildman–Crippen LogP) is -0.225. The SMILES string of the molecule is O=c1ccn(CCCl)c(=O)[nH]1. The standard InChI is InChI=1S/C6H7ClN2O2/c7-2-4-9-3-1-5(10)8-6(9)11/h1,3H,2,4H2,(H,8,10,11). The Morgan fingerprint density at radius 2 is 2.27 bits per heavy atom. The number of nitrogens with one attached hydrogen (secondary N) is 1. The van der Waals surface area contributed by atoms with Gasteiger partial charge in [-0.25, -0.2) is 4.79 Å². The molecule has 0 saturated carbocycles. The minimum absolute atomic E-state index is 0.353. The molecule has 0 aliphatic carbocycles. The number of rotatable bonds is 2. The summed E-state index contributed by atoms with van der Waals surface area (Å²) in [5.74, 6) is 0.353. The zero-order valence-electron chi connectivity index (χ0n) is 5.71. The van der Waals surface area contributed by atoms with E-state index >= 15 is 0 Å². The molecule has 0 aliphatic heterocycles. The maximum Gasteiger partial charge on any atom is 0.328 e. The fourth-order valence-corrected chi connectivity index (χ4v) is 0.893. The van der Waals surface area contributed by atoms with Crippen molar-refractivity contribution in [3.63, 3.8) is 0 Å². The van der Waals surface area contributed by atoms with Gasteiger partial charge in [-0.3, -0.25) is 14.3 Å². The van der Waals surface area contributed by atoms with Gasteiger partial charge in [-0.1, -0.05) is 0 Å². The molecule has 0 aromatic carbocycles. The molecule has 0 aliphatic rings. The minimum atomic E-state index is -0.418. The lowest BCUT2D eigenvalue weighted by Gasteiger charge is -1.98. The summed E-state index contributed by atoms with van der Waals surface area (Å²) in [6.45, 7) is 0.414. The molecule has 0 atom stereocenters. The summed E-state index contributed by atoms with van der Waals surface area (Å²) in [5.41, 5.74) is -0.807. The summed E-state index contributed by atoms with van der Waals surface area (Å²) < 4.78 is 1.34. The van der Waals surface area contributed by atoms with Crippen LogP contribution >= 0.6 is 11.6 Å². The van der Waals surface area contributed by atoms with Gasteiger partial charge in [0.25, 0.3) is 5.56 Å². The number of halogens is 1. The van der Waals surface area contributed by atoms with Crippen LogP contribution in [-0.2, 0) is 6.54 Å². The van der Waals surface area contributed by atoms with Crippen LogP contribution in [0.4, 0.5) is 0 Å². The normalized spacial score (nSPS) is 9.91. The summed E-state index contributed by atoms with van der Waals surface area (Å²) in [6, 6.07) is 1.29. The highest BCUT2D eigenvalue weighted by atomic mass is 35.5. The first-order valence-corrected chi connectivity index (χ1v) is 3.63. The lowest BCUT2D eigenvalue weighted by molar-refractivity contribution is 0.697. The van der Waals surface area contributed by atoms with E-state index in [9.17, 15) is 9.59 Å². The second-order valence-corrected chi connectivity index (χ2v) is 2.37. The molecular formula is C6H7ClN2O2. The molecule has 0 unspecified atom stereocenters. The third-order valence-electron chi connectivity index (χ3n) is 1.22. The van der Waals surface area contributed by atoms with Crippen molar-refractivity contribution in [1.82, 2.24) is 9.55 Å². The van der Waals surface area contributed by atoms with Crippen LogP contribution < -0.4 is 11.2 Å². The highest BCUT2D eigenvalue weighted by molar-refractivity contribution is 6.17. The van der Waals surface area contributed by atoms with Crippen molar-refractivity contribution in [2.75, 3.05) is 5.88 Å². The molecule has 1 aromatic rings. The Morgan fingerprint density at radius 3 is 2.82 bits per heavy atom. The van der Waals surface area contributed by atoms with E-state index in [0.717, 1.165) is 0 Å². The van der Waals surface area contributed by atoms with Crippen LogP contribution in [-0.4, -0.2) is 15.4 Å². The molecule has 60 valence electrons. The van der Waals surface area contributed by atoms with Crippen LogP contribution in [0.3, 0.4) is 0 Å². The average Bonchev–Trinajstić information content (AvgIpc) is 1.95. The number of H-pyrrole nitrogens is 1. The molecule has 0 saturated heterocycles. The van der Waals surface area contributed by atoms with Gasteiger partial charge >= 0.3 is 5.69 Å². The summed E-state index contributed by atoms with van der Waals surface area (Å²) in [5, 5.41) is 0. The molecule has 1 aromatic heterocycles. The number of nitrogens with zero attached hydrogens (tertiary/aromatic N) is 1. The van der Waals surface area contributed by atoms with E-state index in [0.29, 0.717) is 12.4 Å². The molecule has 1 rings (SSSR count). The largest absolute Gasteiger partial charge is 0.328 e. The fraction of sp³-hybridized carbons (Fsp3) is 0.333. The van der Waals surface area contributed by atoms with Crippen molar-refractivity contribution in [3.05, 3.63) is 33.1 Å². The average molecular weight is 175 g/mol. The van der Waals surface area contributed by atoms with Gasteiger partial charge in [0.05, 0.1) is 0 Å². The van der Waals surface area contributed by atoms with Gasteiger partial charge in [-0.2, -0.15) is 0 Å². The topological polar surface area (TPSA) is 54.9 Å². The van der Waals surface area contributed by atoms with Crippen molar-refractivity contribution in [2.45, 2.75) is 6.54 Å². The first kappa shape index (κ1) is 8.07. The second-order valence-electron chi connectivity index (χ2n) is 1.99. The van der Waals surface area contributed by atoms with Crippen molar-refractivity contribution in [2.24, 2.45) is 0 Å². The van der Waals surface area contributed by atoms with Gasteiger partial charge in [0, 0.05) is 24.7 Å². The summed E-state index contributed by atoms with van der Waals surface area (Å²) >= 11 is 5.40. The van der Waals surface area contributed by atoms with E-state index in [1.807, 2.05) is 0 Å². The summed E-state index contributed by atoms with van der Waals surface area (Å²) in [6.07, 6.45) is 1.42. The lowest BCUT2D eigenvalue weighted by Crippen LogP contribution is -2.28. The van der Waals surface area contributed by atoms with Gasteiger partial charge in [-0.05, 0) is 0 Å². The Labute approximate surface area is 67.4 Å². The number of hydrogen-bond acceptors (Lipinski definition) is 2. The van der Waals surface area contributed by atoms with Gasteiger partial charge in [0.2, 0.25) is 0 Å². The first-order chi connectivity index (χ1) is 5.24. The van der Waals surface area contributed by atoms with E-state index in [1.165, 1.54) is 16.8 Å². The van der Waals surface area contributed by atoms with E-state index < -0.39 is 5.69 Å². The quantitative estimate of drug-likeness (QED) is 0.630. The molecule has 0 amide bonds. The van der Waals surface area contributed by atoms with Crippen LogP contribution in [0.2, 0.25) is 0 Å². The zero-order valence-corrected chi connectivity index (χ0v) is 6.47. The molecule has 0 fully saturated rings. The number of aromatic nitrogens is 2. The molecule has 1 N–H and O–H groups in total. The smallest absolute Gasteiger partial charge is 0.299 e. The van der Waals surface area contributed by atoms with Crippen molar-refractivity contribution in [1.29, 1.82) is 0 Å². The second kappa shape index (κ2) is 3.39. The summed E-state index contributed by atoms with van der Waals surface area (Å²) in [4.78, 5) is 23.5. The van der Waals surface area contributed by atoms with Crippen LogP contribution in [0.5, 0.6) is 0 Å².